The molecule has 0 unspecified atom stereocenters. The van der Waals surface area contributed by atoms with Gasteiger partial charge in [0.1, 0.15) is 5.01 Å². The van der Waals surface area contributed by atoms with Gasteiger partial charge in [0, 0.05) is 5.69 Å². The highest BCUT2D eigenvalue weighted by Gasteiger charge is 2.18. The number of aryl methyl sites for hydroxylation is 2. The van der Waals surface area contributed by atoms with Crippen molar-refractivity contribution in [1.29, 1.82) is 0 Å². The van der Waals surface area contributed by atoms with Crippen LogP contribution in [0.1, 0.15) is 23.3 Å². The van der Waals surface area contributed by atoms with Gasteiger partial charge in [0.05, 0.1) is 22.6 Å². The van der Waals surface area contributed by atoms with Crippen LogP contribution in [0.2, 0.25) is 0 Å². The van der Waals surface area contributed by atoms with Crippen LogP contribution in [-0.2, 0) is 11.3 Å². The first-order valence-electron chi connectivity index (χ1n) is 6.19. The molecule has 2 aromatic rings. The number of carbonyl (C=O) groups excluding carboxylic acids is 1. The molecule has 0 aliphatic carbocycles. The molecule has 0 aromatic carbocycles. The summed E-state index contributed by atoms with van der Waals surface area (Å²) >= 11 is 4.85. The molecule has 6 nitrogen and oxygen atoms in total. The molecule has 2 heterocycles. The van der Waals surface area contributed by atoms with Crippen molar-refractivity contribution in [3.05, 3.63) is 20.9 Å². The lowest BCUT2D eigenvalue weighted by molar-refractivity contribution is -0.119. The van der Waals surface area contributed by atoms with E-state index < -0.39 is 0 Å². The molecule has 2 aromatic heterocycles. The van der Waals surface area contributed by atoms with Crippen LogP contribution in [0.4, 0.5) is 5.13 Å². The molecule has 1 atom stereocenters. The zero-order chi connectivity index (χ0) is 14.9. The minimum absolute atomic E-state index is 0.0789. The largest absolute Gasteiger partial charge is 0.300 e. The molecule has 1 N–H and O–H groups in total. The van der Waals surface area contributed by atoms with Crippen LogP contribution >= 0.6 is 27.3 Å². The number of rotatable bonds is 4. The SMILES string of the molecule is Cc1nnc(NC(=O)[C@H](C)Cn2nc(C)c(Br)c2C)s1. The highest BCUT2D eigenvalue weighted by molar-refractivity contribution is 9.10. The van der Waals surface area contributed by atoms with Crippen LogP contribution in [0.15, 0.2) is 4.47 Å². The van der Waals surface area contributed by atoms with Crippen LogP contribution in [0.5, 0.6) is 0 Å². The fraction of sp³-hybridized carbons (Fsp3) is 0.500. The average Bonchev–Trinajstić information content (AvgIpc) is 2.89. The summed E-state index contributed by atoms with van der Waals surface area (Å²) in [6.45, 7) is 8.16. The Morgan fingerprint density at radius 1 is 1.40 bits per heavy atom. The van der Waals surface area contributed by atoms with Crippen molar-refractivity contribution in [1.82, 2.24) is 20.0 Å². The topological polar surface area (TPSA) is 72.7 Å². The Hall–Kier alpha value is -1.28. The normalized spacial score (nSPS) is 12.4. The van der Waals surface area contributed by atoms with Crippen molar-refractivity contribution >= 4 is 38.3 Å². The molecule has 2 rings (SSSR count). The van der Waals surface area contributed by atoms with Crippen LogP contribution in [0.25, 0.3) is 0 Å². The fourth-order valence-electron chi connectivity index (χ4n) is 1.77. The summed E-state index contributed by atoms with van der Waals surface area (Å²) in [4.78, 5) is 12.1. The predicted molar refractivity (Wildman–Crippen MR) is 81.8 cm³/mol. The number of carbonyl (C=O) groups is 1. The van der Waals surface area contributed by atoms with Crippen LogP contribution in [0, 0.1) is 26.7 Å². The van der Waals surface area contributed by atoms with E-state index in [-0.39, 0.29) is 11.8 Å². The van der Waals surface area contributed by atoms with Gasteiger partial charge in [-0.1, -0.05) is 18.3 Å². The first kappa shape index (κ1) is 15.1. The Bertz CT molecular complexity index is 636. The predicted octanol–water partition coefficient (Wildman–Crippen LogP) is 2.70. The van der Waals surface area contributed by atoms with Crippen LogP contribution < -0.4 is 5.32 Å². The van der Waals surface area contributed by atoms with Crippen molar-refractivity contribution < 1.29 is 4.79 Å². The third-order valence-corrected chi connectivity index (χ3v) is 4.85. The summed E-state index contributed by atoms with van der Waals surface area (Å²) in [5, 5.41) is 16.3. The number of nitrogens with zero attached hydrogens (tertiary/aromatic N) is 4. The maximum absolute atomic E-state index is 12.1. The Morgan fingerprint density at radius 3 is 2.60 bits per heavy atom. The lowest BCUT2D eigenvalue weighted by atomic mass is 10.1. The van der Waals surface area contributed by atoms with Crippen molar-refractivity contribution in [2.75, 3.05) is 5.32 Å². The van der Waals surface area contributed by atoms with Gasteiger partial charge in [-0.05, 0) is 36.7 Å². The monoisotopic (exact) mass is 357 g/mol. The summed E-state index contributed by atoms with van der Waals surface area (Å²) in [5.41, 5.74) is 1.95. The summed E-state index contributed by atoms with van der Waals surface area (Å²) in [6, 6.07) is 0. The van der Waals surface area contributed by atoms with E-state index in [0.29, 0.717) is 11.7 Å². The van der Waals surface area contributed by atoms with E-state index >= 15 is 0 Å². The highest BCUT2D eigenvalue weighted by atomic mass is 79.9. The molecule has 108 valence electrons. The third-order valence-electron chi connectivity index (χ3n) is 2.94. The number of anilines is 1. The third kappa shape index (κ3) is 3.24. The molecular formula is C12H16BrN5OS. The maximum Gasteiger partial charge on any atom is 0.230 e. The molecule has 0 fully saturated rings. The van der Waals surface area contributed by atoms with Crippen LogP contribution in [-0.4, -0.2) is 25.9 Å². The number of nitrogens with one attached hydrogen (secondary N) is 1. The number of aromatic nitrogens is 4. The van der Waals surface area contributed by atoms with E-state index in [0.717, 1.165) is 20.9 Å². The standard InChI is InChI=1S/C12H16BrN5OS/c1-6(5-18-8(3)10(13)7(2)17-18)11(19)14-12-16-15-9(4)20-12/h6H,5H2,1-4H3,(H,14,16,19)/t6-/m1/s1. The van der Waals surface area contributed by atoms with Gasteiger partial charge in [-0.15, -0.1) is 10.2 Å². The second kappa shape index (κ2) is 6.01. The quantitative estimate of drug-likeness (QED) is 0.912. The molecule has 0 aliphatic heterocycles. The van der Waals surface area contributed by atoms with Crippen molar-refractivity contribution in [3.8, 4) is 0 Å². The molecule has 20 heavy (non-hydrogen) atoms. The van der Waals surface area contributed by atoms with Gasteiger partial charge in [0.25, 0.3) is 0 Å². The van der Waals surface area contributed by atoms with Crippen molar-refractivity contribution in [2.45, 2.75) is 34.2 Å². The van der Waals surface area contributed by atoms with Crippen molar-refractivity contribution in [2.24, 2.45) is 5.92 Å². The van der Waals surface area contributed by atoms with E-state index in [1.807, 2.05) is 32.4 Å². The van der Waals surface area contributed by atoms with E-state index in [1.165, 1.54) is 11.3 Å². The molecule has 0 aliphatic rings. The molecule has 0 radical (unpaired) electrons. The number of hydrogen-bond acceptors (Lipinski definition) is 5. The highest BCUT2D eigenvalue weighted by Crippen LogP contribution is 2.21. The van der Waals surface area contributed by atoms with Gasteiger partial charge in [0.2, 0.25) is 11.0 Å². The Morgan fingerprint density at radius 2 is 2.10 bits per heavy atom. The summed E-state index contributed by atoms with van der Waals surface area (Å²) in [5.74, 6) is -0.283. The fourth-order valence-corrected chi connectivity index (χ4v) is 2.65. The van der Waals surface area contributed by atoms with Crippen LogP contribution in [0.3, 0.4) is 0 Å². The zero-order valence-corrected chi connectivity index (χ0v) is 14.2. The van der Waals surface area contributed by atoms with Gasteiger partial charge in [-0.25, -0.2) is 0 Å². The van der Waals surface area contributed by atoms with E-state index in [2.05, 4.69) is 36.5 Å². The van der Waals surface area contributed by atoms with Gasteiger partial charge < -0.3 is 5.32 Å². The summed E-state index contributed by atoms with van der Waals surface area (Å²) < 4.78 is 2.83. The van der Waals surface area contributed by atoms with Gasteiger partial charge >= 0.3 is 0 Å². The first-order chi connectivity index (χ1) is 9.38. The Kier molecular flexibility index (Phi) is 4.54. The zero-order valence-electron chi connectivity index (χ0n) is 11.8. The number of amides is 1. The van der Waals surface area contributed by atoms with E-state index in [4.69, 9.17) is 0 Å². The van der Waals surface area contributed by atoms with E-state index in [1.54, 1.807) is 0 Å². The van der Waals surface area contributed by atoms with Gasteiger partial charge in [-0.2, -0.15) is 5.10 Å². The second-order valence-electron chi connectivity index (χ2n) is 4.68. The van der Waals surface area contributed by atoms with E-state index in [9.17, 15) is 4.79 Å². The molecule has 0 saturated heterocycles. The molecule has 0 saturated carbocycles. The second-order valence-corrected chi connectivity index (χ2v) is 6.66. The average molecular weight is 358 g/mol. The summed E-state index contributed by atoms with van der Waals surface area (Å²) in [6.07, 6.45) is 0. The lowest BCUT2D eigenvalue weighted by Gasteiger charge is -2.11. The smallest absolute Gasteiger partial charge is 0.230 e. The minimum Gasteiger partial charge on any atom is -0.300 e. The number of halogens is 1. The first-order valence-corrected chi connectivity index (χ1v) is 7.80. The molecule has 8 heteroatoms. The minimum atomic E-state index is -0.205. The lowest BCUT2D eigenvalue weighted by Crippen LogP contribution is -2.25. The molecule has 0 bridgehead atoms. The Balaban J connectivity index is 2.02. The Labute approximate surface area is 129 Å². The number of hydrogen-bond donors (Lipinski definition) is 1. The molecule has 0 spiro atoms. The summed E-state index contributed by atoms with van der Waals surface area (Å²) in [7, 11) is 0. The maximum atomic E-state index is 12.1. The van der Waals surface area contributed by atoms with Gasteiger partial charge in [0.15, 0.2) is 0 Å². The molecule has 1 amide bonds. The van der Waals surface area contributed by atoms with Gasteiger partial charge in [-0.3, -0.25) is 9.48 Å². The van der Waals surface area contributed by atoms with Crippen molar-refractivity contribution in [3.63, 3.8) is 0 Å². The molecular weight excluding hydrogens is 342 g/mol.